The number of phenolic OH excluding ortho intramolecular Hbond substituents is 1. The molecular weight excluding hydrogens is 378 g/mol. The van der Waals surface area contributed by atoms with E-state index in [-0.39, 0.29) is 10.8 Å². The summed E-state index contributed by atoms with van der Waals surface area (Å²) in [6.45, 7) is 13.6. The molecule has 3 nitrogen and oxygen atoms in total. The normalized spacial score (nSPS) is 13.4. The molecule has 4 heteroatoms. The first-order chi connectivity index (χ1) is 13.3. The predicted molar refractivity (Wildman–Crippen MR) is 128 cm³/mol. The van der Waals surface area contributed by atoms with Crippen LogP contribution in [-0.2, 0) is 17.4 Å². The van der Waals surface area contributed by atoms with Crippen LogP contribution in [0, 0.1) is 0 Å². The Morgan fingerprint density at radius 3 is 1.79 bits per heavy atom. The molecule has 2 N–H and O–H groups in total. The van der Waals surface area contributed by atoms with Crippen molar-refractivity contribution in [2.45, 2.75) is 63.8 Å². The molecule has 0 aliphatic carbocycles. The van der Waals surface area contributed by atoms with Crippen molar-refractivity contribution in [1.29, 1.82) is 0 Å². The van der Waals surface area contributed by atoms with E-state index in [1.54, 1.807) is 0 Å². The fourth-order valence-electron chi connectivity index (χ4n) is 3.30. The van der Waals surface area contributed by atoms with Crippen LogP contribution in [0.3, 0.4) is 0 Å². The lowest BCUT2D eigenvalue weighted by atomic mass is 9.79. The van der Waals surface area contributed by atoms with Crippen molar-refractivity contribution in [2.24, 2.45) is 0 Å². The Labute approximate surface area is 179 Å². The molecule has 0 amide bonds. The van der Waals surface area contributed by atoms with Crippen LogP contribution < -0.4 is 10.1 Å². The van der Waals surface area contributed by atoms with E-state index in [1.165, 1.54) is 10.5 Å². The lowest BCUT2D eigenvalue weighted by molar-refractivity contribution is 0.378. The average molecular weight is 418 g/mol. The minimum Gasteiger partial charge on any atom is -0.507 e. The molecular formula is C25H39NO2S. The molecule has 0 atom stereocenters. The van der Waals surface area contributed by atoms with E-state index in [1.807, 2.05) is 19.2 Å². The summed E-state index contributed by atoms with van der Waals surface area (Å²) in [7, 11) is 0.862. The monoisotopic (exact) mass is 417 g/mol. The highest BCUT2D eigenvalue weighted by atomic mass is 32.3. The minimum atomic E-state index is -1.10. The zero-order chi connectivity index (χ0) is 22.0. The van der Waals surface area contributed by atoms with Crippen LogP contribution in [0.5, 0.6) is 11.5 Å². The fraction of sp³-hybridized carbons (Fsp3) is 0.520. The van der Waals surface area contributed by atoms with E-state index in [0.29, 0.717) is 11.7 Å². The second-order valence-electron chi connectivity index (χ2n) is 10.3. The maximum Gasteiger partial charge on any atom is 0.123 e. The molecule has 29 heavy (non-hydrogen) atoms. The Kier molecular flexibility index (Phi) is 7.01. The largest absolute Gasteiger partial charge is 0.507 e. The zero-order valence-corrected chi connectivity index (χ0v) is 20.5. The van der Waals surface area contributed by atoms with Gasteiger partial charge in [0.15, 0.2) is 0 Å². The molecule has 0 heterocycles. The number of hydrogen-bond acceptors (Lipinski definition) is 3. The van der Waals surface area contributed by atoms with E-state index in [0.717, 1.165) is 23.4 Å². The fourth-order valence-corrected chi connectivity index (χ4v) is 4.74. The third kappa shape index (κ3) is 5.93. The first-order valence-corrected chi connectivity index (χ1v) is 12.8. The average Bonchev–Trinajstić information content (AvgIpc) is 2.59. The van der Waals surface area contributed by atoms with Crippen LogP contribution in [0.15, 0.2) is 41.3 Å². The lowest BCUT2D eigenvalue weighted by Crippen LogP contribution is -2.18. The number of benzene rings is 2. The quantitative estimate of drug-likeness (QED) is 0.591. The zero-order valence-electron chi connectivity index (χ0n) is 19.6. The number of phenols is 1. The van der Waals surface area contributed by atoms with Gasteiger partial charge >= 0.3 is 0 Å². The van der Waals surface area contributed by atoms with Gasteiger partial charge in [0.05, 0.1) is 0 Å². The van der Waals surface area contributed by atoms with Crippen molar-refractivity contribution in [3.8, 4) is 11.5 Å². The lowest BCUT2D eigenvalue weighted by Gasteiger charge is -2.33. The predicted octanol–water partition coefficient (Wildman–Crippen LogP) is 6.17. The van der Waals surface area contributed by atoms with E-state index in [4.69, 9.17) is 4.74 Å². The van der Waals surface area contributed by atoms with Gasteiger partial charge in [-0.3, -0.25) is 0 Å². The highest BCUT2D eigenvalue weighted by Crippen LogP contribution is 2.49. The molecule has 0 fully saturated rings. The molecule has 0 bridgehead atoms. The summed E-state index contributed by atoms with van der Waals surface area (Å²) >= 11 is 0. The van der Waals surface area contributed by atoms with Gasteiger partial charge in [0, 0.05) is 17.7 Å². The molecule has 0 unspecified atom stereocenters. The van der Waals surface area contributed by atoms with Gasteiger partial charge in [0.2, 0.25) is 0 Å². The molecule has 0 saturated heterocycles. The summed E-state index contributed by atoms with van der Waals surface area (Å²) < 4.78 is 6.34. The Hall–Kier alpha value is -1.65. The van der Waals surface area contributed by atoms with Crippen LogP contribution in [0.2, 0.25) is 0 Å². The van der Waals surface area contributed by atoms with Crippen LogP contribution in [-0.4, -0.2) is 30.6 Å². The Morgan fingerprint density at radius 2 is 1.38 bits per heavy atom. The van der Waals surface area contributed by atoms with E-state index in [2.05, 4.69) is 83.6 Å². The summed E-state index contributed by atoms with van der Waals surface area (Å²) in [6.07, 6.45) is 4.58. The molecule has 0 aliphatic heterocycles. The Bertz CT molecular complexity index is 792. The molecule has 2 rings (SSSR count). The number of rotatable bonds is 6. The number of hydrogen-bond donors (Lipinski definition) is 2. The van der Waals surface area contributed by atoms with Crippen molar-refractivity contribution >= 4 is 10.0 Å². The van der Waals surface area contributed by atoms with Gasteiger partial charge in [-0.1, -0.05) is 53.7 Å². The summed E-state index contributed by atoms with van der Waals surface area (Å²) in [5.41, 5.74) is 2.84. The van der Waals surface area contributed by atoms with Gasteiger partial charge in [-0.25, -0.2) is 0 Å². The number of ether oxygens (including phenoxy) is 1. The van der Waals surface area contributed by atoms with Crippen LogP contribution in [0.1, 0.15) is 58.2 Å². The van der Waals surface area contributed by atoms with Crippen molar-refractivity contribution in [3.05, 3.63) is 53.1 Å². The van der Waals surface area contributed by atoms with E-state index < -0.39 is 10.0 Å². The van der Waals surface area contributed by atoms with Crippen LogP contribution >= 0.6 is 10.0 Å². The smallest absolute Gasteiger partial charge is 0.123 e. The van der Waals surface area contributed by atoms with E-state index in [9.17, 15) is 5.11 Å². The van der Waals surface area contributed by atoms with Crippen LogP contribution in [0.25, 0.3) is 0 Å². The van der Waals surface area contributed by atoms with E-state index >= 15 is 0 Å². The SMILES string of the molecule is CNCc1ccc(S(C)(C)COc2cc(C(C)(C)C)c(O)c(C(C)(C)C)c2)cc1. The van der Waals surface area contributed by atoms with Crippen LogP contribution in [0.4, 0.5) is 0 Å². The third-order valence-corrected chi connectivity index (χ3v) is 7.42. The van der Waals surface area contributed by atoms with Gasteiger partial charge in [0.1, 0.15) is 17.4 Å². The number of aromatic hydroxyl groups is 1. The van der Waals surface area contributed by atoms with Crippen molar-refractivity contribution in [3.63, 3.8) is 0 Å². The first kappa shape index (κ1) is 23.6. The molecule has 162 valence electrons. The molecule has 0 aliphatic rings. The third-order valence-electron chi connectivity index (χ3n) is 5.16. The van der Waals surface area contributed by atoms with Gasteiger partial charge < -0.3 is 15.2 Å². The molecule has 2 aromatic carbocycles. The molecule has 0 spiro atoms. The van der Waals surface area contributed by atoms with Gasteiger partial charge in [-0.05, 0) is 65.1 Å². The maximum absolute atomic E-state index is 10.9. The maximum atomic E-state index is 10.9. The van der Waals surface area contributed by atoms with Crippen molar-refractivity contribution in [1.82, 2.24) is 5.32 Å². The van der Waals surface area contributed by atoms with Gasteiger partial charge in [-0.15, -0.1) is 0 Å². The molecule has 0 radical (unpaired) electrons. The Balaban J connectivity index is 2.31. The second kappa shape index (κ2) is 8.61. The summed E-state index contributed by atoms with van der Waals surface area (Å²) in [5, 5.41) is 14.1. The summed E-state index contributed by atoms with van der Waals surface area (Å²) in [6, 6.07) is 12.9. The second-order valence-corrected chi connectivity index (χ2v) is 14.1. The highest BCUT2D eigenvalue weighted by Gasteiger charge is 2.27. The number of nitrogens with one attached hydrogen (secondary N) is 1. The first-order valence-electron chi connectivity index (χ1n) is 10.2. The van der Waals surface area contributed by atoms with Gasteiger partial charge in [-0.2, -0.15) is 10.0 Å². The highest BCUT2D eigenvalue weighted by molar-refractivity contribution is 8.32. The van der Waals surface area contributed by atoms with Crippen molar-refractivity contribution in [2.75, 3.05) is 25.5 Å². The standard InChI is InChI=1S/C25H39NO2S/c1-24(2,3)21-14-19(15-22(23(21)27)25(4,5)6)28-17-29(8,9)20-12-10-18(11-13-20)16-26-7/h10-15,26-27H,16-17H2,1-9H3. The Morgan fingerprint density at radius 1 is 0.897 bits per heavy atom. The molecule has 0 aromatic heterocycles. The minimum absolute atomic E-state index is 0.158. The van der Waals surface area contributed by atoms with Crippen molar-refractivity contribution < 1.29 is 9.84 Å². The summed E-state index contributed by atoms with van der Waals surface area (Å²) in [4.78, 5) is 1.34. The summed E-state index contributed by atoms with van der Waals surface area (Å²) in [5.74, 6) is 1.88. The topological polar surface area (TPSA) is 41.5 Å². The molecule has 0 saturated carbocycles. The van der Waals surface area contributed by atoms with Gasteiger partial charge in [0.25, 0.3) is 0 Å². The molecule has 2 aromatic rings.